The molecular weight excluding hydrogens is 268 g/mol. The number of methoxy groups -OCH3 is 2. The summed E-state index contributed by atoms with van der Waals surface area (Å²) in [4.78, 5) is 33.8. The molecule has 0 bridgehead atoms. The lowest BCUT2D eigenvalue weighted by atomic mass is 10.1. The third-order valence-corrected chi connectivity index (χ3v) is 2.32. The summed E-state index contributed by atoms with van der Waals surface area (Å²) in [6.45, 7) is 1.00. The molecular formula is C13H22O7. The number of rotatable bonds is 12. The standard InChI is InChI=1S/C13H22O7/c1-17-7-9-19-12(15)5-3-11(14)4-6-13(16)20-10-8-18-2/h3-10H2,1-2H3. The molecule has 0 heterocycles. The molecule has 0 atom stereocenters. The van der Waals surface area contributed by atoms with Crippen molar-refractivity contribution in [3.05, 3.63) is 0 Å². The van der Waals surface area contributed by atoms with Crippen LogP contribution in [-0.2, 0) is 33.3 Å². The van der Waals surface area contributed by atoms with Crippen molar-refractivity contribution in [1.29, 1.82) is 0 Å². The van der Waals surface area contributed by atoms with Crippen molar-refractivity contribution in [2.24, 2.45) is 0 Å². The van der Waals surface area contributed by atoms with Crippen LogP contribution < -0.4 is 0 Å². The fourth-order valence-corrected chi connectivity index (χ4v) is 1.23. The Morgan fingerprint density at radius 3 is 1.40 bits per heavy atom. The van der Waals surface area contributed by atoms with E-state index in [9.17, 15) is 14.4 Å². The van der Waals surface area contributed by atoms with Gasteiger partial charge < -0.3 is 18.9 Å². The van der Waals surface area contributed by atoms with Crippen LogP contribution in [0.3, 0.4) is 0 Å². The number of esters is 2. The first-order chi connectivity index (χ1) is 9.60. The van der Waals surface area contributed by atoms with Crippen molar-refractivity contribution in [3.8, 4) is 0 Å². The Balaban J connectivity index is 3.57. The number of carbonyl (C=O) groups is 3. The average Bonchev–Trinajstić information content (AvgIpc) is 2.43. The van der Waals surface area contributed by atoms with Gasteiger partial charge in [-0.1, -0.05) is 0 Å². The zero-order chi connectivity index (χ0) is 15.2. The SMILES string of the molecule is COCCOC(=O)CCC(=O)CCC(=O)OCCOC. The van der Waals surface area contributed by atoms with Crippen LogP contribution in [0.5, 0.6) is 0 Å². The molecule has 7 heteroatoms. The fourth-order valence-electron chi connectivity index (χ4n) is 1.23. The molecule has 0 N–H and O–H groups in total. The first-order valence-corrected chi connectivity index (χ1v) is 6.41. The molecule has 0 saturated heterocycles. The summed E-state index contributed by atoms with van der Waals surface area (Å²) in [6.07, 6.45) is 0.164. The van der Waals surface area contributed by atoms with Gasteiger partial charge in [0.1, 0.15) is 19.0 Å². The Labute approximate surface area is 118 Å². The van der Waals surface area contributed by atoms with Gasteiger partial charge in [0.25, 0.3) is 0 Å². The van der Waals surface area contributed by atoms with E-state index in [1.54, 1.807) is 0 Å². The minimum Gasteiger partial charge on any atom is -0.463 e. The van der Waals surface area contributed by atoms with Gasteiger partial charge in [-0.15, -0.1) is 0 Å². The van der Waals surface area contributed by atoms with Crippen molar-refractivity contribution in [1.82, 2.24) is 0 Å². The second-order valence-electron chi connectivity index (χ2n) is 3.97. The van der Waals surface area contributed by atoms with Crippen molar-refractivity contribution >= 4 is 17.7 Å². The van der Waals surface area contributed by atoms with E-state index in [1.165, 1.54) is 14.2 Å². The Morgan fingerprint density at radius 2 is 1.05 bits per heavy atom. The monoisotopic (exact) mass is 290 g/mol. The Morgan fingerprint density at radius 1 is 0.650 bits per heavy atom. The summed E-state index contributed by atoms with van der Waals surface area (Å²) in [7, 11) is 3.01. The van der Waals surface area contributed by atoms with Crippen LogP contribution >= 0.6 is 0 Å². The number of carbonyl (C=O) groups excluding carboxylic acids is 3. The van der Waals surface area contributed by atoms with Crippen molar-refractivity contribution in [3.63, 3.8) is 0 Å². The average molecular weight is 290 g/mol. The number of Topliss-reactive ketones (excluding diaryl/α,β-unsaturated/α-hetero) is 1. The summed E-state index contributed by atoms with van der Waals surface area (Å²) in [5, 5.41) is 0. The normalized spacial score (nSPS) is 10.1. The summed E-state index contributed by atoms with van der Waals surface area (Å²) in [5.41, 5.74) is 0. The minimum atomic E-state index is -0.446. The van der Waals surface area contributed by atoms with Gasteiger partial charge >= 0.3 is 11.9 Å². The van der Waals surface area contributed by atoms with E-state index in [0.29, 0.717) is 13.2 Å². The topological polar surface area (TPSA) is 88.1 Å². The number of hydrogen-bond donors (Lipinski definition) is 0. The molecule has 0 aromatic heterocycles. The number of hydrogen-bond acceptors (Lipinski definition) is 7. The maximum absolute atomic E-state index is 11.4. The third-order valence-electron chi connectivity index (χ3n) is 2.32. The smallest absolute Gasteiger partial charge is 0.306 e. The molecule has 0 amide bonds. The van der Waals surface area contributed by atoms with E-state index in [-0.39, 0.29) is 44.7 Å². The second kappa shape index (κ2) is 12.6. The maximum atomic E-state index is 11.4. The highest BCUT2D eigenvalue weighted by molar-refractivity contribution is 5.85. The summed E-state index contributed by atoms with van der Waals surface area (Å²) in [5.74, 6) is -1.06. The van der Waals surface area contributed by atoms with E-state index in [1.807, 2.05) is 0 Å². The molecule has 0 spiro atoms. The van der Waals surface area contributed by atoms with Gasteiger partial charge in [-0.05, 0) is 0 Å². The second-order valence-corrected chi connectivity index (χ2v) is 3.97. The zero-order valence-electron chi connectivity index (χ0n) is 12.0. The first-order valence-electron chi connectivity index (χ1n) is 6.41. The molecule has 0 radical (unpaired) electrons. The molecule has 116 valence electrons. The molecule has 0 unspecified atom stereocenters. The van der Waals surface area contributed by atoms with E-state index >= 15 is 0 Å². The highest BCUT2D eigenvalue weighted by Gasteiger charge is 2.11. The first kappa shape index (κ1) is 18.5. The molecule has 0 fully saturated rings. The summed E-state index contributed by atoms with van der Waals surface area (Å²) >= 11 is 0. The largest absolute Gasteiger partial charge is 0.463 e. The molecule has 0 aliphatic carbocycles. The van der Waals surface area contributed by atoms with E-state index in [2.05, 4.69) is 0 Å². The predicted molar refractivity (Wildman–Crippen MR) is 69.1 cm³/mol. The van der Waals surface area contributed by atoms with Gasteiger partial charge in [-0.3, -0.25) is 14.4 Å². The van der Waals surface area contributed by atoms with Crippen molar-refractivity contribution < 1.29 is 33.3 Å². The van der Waals surface area contributed by atoms with Gasteiger partial charge in [-0.2, -0.15) is 0 Å². The highest BCUT2D eigenvalue weighted by atomic mass is 16.6. The quantitative estimate of drug-likeness (QED) is 0.382. The molecule has 0 rings (SSSR count). The Hall–Kier alpha value is -1.47. The molecule has 0 aliphatic rings. The van der Waals surface area contributed by atoms with E-state index < -0.39 is 11.9 Å². The fraction of sp³-hybridized carbons (Fsp3) is 0.769. The molecule has 20 heavy (non-hydrogen) atoms. The van der Waals surface area contributed by atoms with Crippen LogP contribution in [0.15, 0.2) is 0 Å². The van der Waals surface area contributed by atoms with Crippen molar-refractivity contribution in [2.45, 2.75) is 25.7 Å². The molecule has 0 aromatic carbocycles. The molecule has 0 saturated carbocycles. The molecule has 0 aromatic rings. The van der Waals surface area contributed by atoms with Gasteiger partial charge in [0.05, 0.1) is 26.1 Å². The van der Waals surface area contributed by atoms with Crippen LogP contribution in [-0.4, -0.2) is 58.4 Å². The van der Waals surface area contributed by atoms with Gasteiger partial charge in [0.15, 0.2) is 0 Å². The minimum absolute atomic E-state index is 0.0151. The van der Waals surface area contributed by atoms with Crippen molar-refractivity contribution in [2.75, 3.05) is 40.6 Å². The lowest BCUT2D eigenvalue weighted by Crippen LogP contribution is -2.13. The van der Waals surface area contributed by atoms with E-state index in [4.69, 9.17) is 18.9 Å². The van der Waals surface area contributed by atoms with Gasteiger partial charge in [-0.25, -0.2) is 0 Å². The highest BCUT2D eigenvalue weighted by Crippen LogP contribution is 2.02. The van der Waals surface area contributed by atoms with Gasteiger partial charge in [0, 0.05) is 27.1 Å². The van der Waals surface area contributed by atoms with Crippen LogP contribution in [0.2, 0.25) is 0 Å². The van der Waals surface area contributed by atoms with Crippen LogP contribution in [0.25, 0.3) is 0 Å². The summed E-state index contributed by atoms with van der Waals surface area (Å²) in [6, 6.07) is 0. The van der Waals surface area contributed by atoms with E-state index in [0.717, 1.165) is 0 Å². The lowest BCUT2D eigenvalue weighted by molar-refractivity contribution is -0.146. The maximum Gasteiger partial charge on any atom is 0.306 e. The lowest BCUT2D eigenvalue weighted by Gasteiger charge is -2.04. The number of ketones is 1. The Bertz CT molecular complexity index is 273. The zero-order valence-corrected chi connectivity index (χ0v) is 12.0. The Kier molecular flexibility index (Phi) is 11.6. The van der Waals surface area contributed by atoms with Gasteiger partial charge in [0.2, 0.25) is 0 Å². The third kappa shape index (κ3) is 11.6. The molecule has 0 aliphatic heterocycles. The number of ether oxygens (including phenoxy) is 4. The van der Waals surface area contributed by atoms with Crippen LogP contribution in [0.1, 0.15) is 25.7 Å². The predicted octanol–water partition coefficient (Wildman–Crippen LogP) is 0.495. The summed E-state index contributed by atoms with van der Waals surface area (Å²) < 4.78 is 19.0. The van der Waals surface area contributed by atoms with Crippen LogP contribution in [0, 0.1) is 0 Å². The molecule has 7 nitrogen and oxygen atoms in total. The van der Waals surface area contributed by atoms with Crippen LogP contribution in [0.4, 0.5) is 0 Å².